The zero-order valence-electron chi connectivity index (χ0n) is 15.2. The molecule has 138 valence electrons. The summed E-state index contributed by atoms with van der Waals surface area (Å²) < 4.78 is 11.1. The summed E-state index contributed by atoms with van der Waals surface area (Å²) in [5, 5.41) is 8.86. The number of amides is 1. The van der Waals surface area contributed by atoms with Crippen LogP contribution in [0.25, 0.3) is 5.69 Å². The van der Waals surface area contributed by atoms with Crippen LogP contribution in [0.3, 0.4) is 0 Å². The van der Waals surface area contributed by atoms with Crippen LogP contribution in [0.15, 0.2) is 37.1 Å². The normalized spacial score (nSPS) is 17.1. The van der Waals surface area contributed by atoms with Crippen molar-refractivity contribution in [2.75, 3.05) is 26.4 Å². The van der Waals surface area contributed by atoms with Gasteiger partial charge in [0.25, 0.3) is 0 Å². The summed E-state index contributed by atoms with van der Waals surface area (Å²) >= 11 is 0. The van der Waals surface area contributed by atoms with Gasteiger partial charge in [0.15, 0.2) is 0 Å². The highest BCUT2D eigenvalue weighted by atomic mass is 16.6. The van der Waals surface area contributed by atoms with Crippen LogP contribution < -0.4 is 0 Å². The molecule has 1 aliphatic heterocycles. The van der Waals surface area contributed by atoms with Gasteiger partial charge in [-0.15, -0.1) is 0 Å². The highest BCUT2D eigenvalue weighted by molar-refractivity contribution is 5.86. The smallest absolute Gasteiger partial charge is 0.246 e. The average molecular weight is 356 g/mol. The Morgan fingerprint density at radius 3 is 2.77 bits per heavy atom. The molecule has 0 saturated carbocycles. The molecule has 0 radical (unpaired) electrons. The molecule has 1 aromatic heterocycles. The number of carbonyl (C=O) groups excluding carboxylic acids is 1. The highest BCUT2D eigenvalue weighted by Gasteiger charge is 2.21. The van der Waals surface area contributed by atoms with E-state index in [1.807, 2.05) is 26.0 Å². The fourth-order valence-electron chi connectivity index (χ4n) is 3.00. The van der Waals surface area contributed by atoms with Crippen LogP contribution in [0.4, 0.5) is 0 Å². The fraction of sp³-hybridized carbons (Fsp3) is 0.421. The van der Waals surface area contributed by atoms with Crippen molar-refractivity contribution in [3.05, 3.63) is 53.9 Å². The molecule has 2 aromatic rings. The first kappa shape index (κ1) is 18.3. The van der Waals surface area contributed by atoms with Crippen LogP contribution in [0.1, 0.15) is 16.8 Å². The summed E-state index contributed by atoms with van der Waals surface area (Å²) in [5.41, 5.74) is 3.91. The molecular formula is C19H24N4O3. The van der Waals surface area contributed by atoms with Crippen molar-refractivity contribution in [2.24, 2.45) is 0 Å². The zero-order chi connectivity index (χ0) is 18.5. The lowest BCUT2D eigenvalue weighted by Crippen LogP contribution is -2.42. The topological polar surface area (TPSA) is 69.5 Å². The Hall–Kier alpha value is -2.51. The van der Waals surface area contributed by atoms with Crippen molar-refractivity contribution in [1.29, 1.82) is 0 Å². The van der Waals surface area contributed by atoms with Gasteiger partial charge < -0.3 is 14.4 Å². The molecule has 1 atom stereocenters. The van der Waals surface area contributed by atoms with Crippen LogP contribution in [0.5, 0.6) is 0 Å². The number of rotatable bonds is 6. The Labute approximate surface area is 153 Å². The molecular weight excluding hydrogens is 332 g/mol. The van der Waals surface area contributed by atoms with Crippen molar-refractivity contribution < 1.29 is 14.3 Å². The highest BCUT2D eigenvalue weighted by Crippen LogP contribution is 2.13. The molecule has 3 rings (SSSR count). The molecule has 7 nitrogen and oxygen atoms in total. The minimum atomic E-state index is -0.167. The molecule has 26 heavy (non-hydrogen) atoms. The zero-order valence-corrected chi connectivity index (χ0v) is 15.2. The quantitative estimate of drug-likeness (QED) is 0.739. The minimum Gasteiger partial charge on any atom is -0.376 e. The lowest BCUT2D eigenvalue weighted by Gasteiger charge is -2.28. The average Bonchev–Trinajstić information content (AvgIpc) is 3.09. The van der Waals surface area contributed by atoms with Crippen molar-refractivity contribution in [3.8, 4) is 5.69 Å². The van der Waals surface area contributed by atoms with Crippen molar-refractivity contribution in [2.45, 2.75) is 26.5 Å². The first-order valence-electron chi connectivity index (χ1n) is 8.66. The molecule has 1 unspecified atom stereocenters. The molecule has 1 fully saturated rings. The molecule has 1 aromatic carbocycles. The Kier molecular flexibility index (Phi) is 5.80. The van der Waals surface area contributed by atoms with Gasteiger partial charge in [-0.3, -0.25) is 4.79 Å². The minimum absolute atomic E-state index is 0.137. The molecule has 0 bridgehead atoms. The summed E-state index contributed by atoms with van der Waals surface area (Å²) in [5.74, 6) is -0.167. The Balaban J connectivity index is 1.73. The Bertz CT molecular complexity index is 761. The second-order valence-electron chi connectivity index (χ2n) is 6.46. The summed E-state index contributed by atoms with van der Waals surface area (Å²) in [6.45, 7) is 10.1. The predicted octanol–water partition coefficient (Wildman–Crippen LogP) is 1.81. The van der Waals surface area contributed by atoms with E-state index in [2.05, 4.69) is 22.8 Å². The largest absolute Gasteiger partial charge is 0.376 e. The third-order valence-electron chi connectivity index (χ3n) is 4.12. The van der Waals surface area contributed by atoms with Crippen LogP contribution in [-0.4, -0.2) is 58.3 Å². The predicted molar refractivity (Wildman–Crippen MR) is 97.0 cm³/mol. The van der Waals surface area contributed by atoms with Crippen LogP contribution in [0, 0.1) is 13.8 Å². The first-order chi connectivity index (χ1) is 12.5. The lowest BCUT2D eigenvalue weighted by molar-refractivity contribution is -0.134. The van der Waals surface area contributed by atoms with Gasteiger partial charge in [0.2, 0.25) is 5.91 Å². The SMILES string of the molecule is C=CC(=O)N(Cc1cnn(-c2cc(C)cc(C)c2)n1)CC1COCCO1. The summed E-state index contributed by atoms with van der Waals surface area (Å²) in [6.07, 6.45) is 2.85. The third-order valence-corrected chi connectivity index (χ3v) is 4.12. The second-order valence-corrected chi connectivity index (χ2v) is 6.46. The van der Waals surface area contributed by atoms with Crippen molar-refractivity contribution >= 4 is 5.91 Å². The van der Waals surface area contributed by atoms with Gasteiger partial charge in [0.1, 0.15) is 5.69 Å². The number of nitrogens with zero attached hydrogens (tertiary/aromatic N) is 4. The fourth-order valence-corrected chi connectivity index (χ4v) is 3.00. The van der Waals surface area contributed by atoms with E-state index >= 15 is 0 Å². The lowest BCUT2D eigenvalue weighted by atomic mass is 10.1. The molecule has 1 aliphatic rings. The molecule has 0 aliphatic carbocycles. The van der Waals surface area contributed by atoms with Crippen molar-refractivity contribution in [3.63, 3.8) is 0 Å². The van der Waals surface area contributed by atoms with Gasteiger partial charge >= 0.3 is 0 Å². The maximum absolute atomic E-state index is 12.2. The maximum Gasteiger partial charge on any atom is 0.246 e. The van der Waals surface area contributed by atoms with Gasteiger partial charge in [-0.25, -0.2) is 0 Å². The number of aryl methyl sites for hydroxylation is 2. The van der Waals surface area contributed by atoms with E-state index in [4.69, 9.17) is 9.47 Å². The number of hydrogen-bond donors (Lipinski definition) is 0. The van der Waals surface area contributed by atoms with Gasteiger partial charge in [-0.2, -0.15) is 15.0 Å². The summed E-state index contributed by atoms with van der Waals surface area (Å²) in [4.78, 5) is 15.5. The van der Waals surface area contributed by atoms with Gasteiger partial charge in [-0.1, -0.05) is 12.6 Å². The van der Waals surface area contributed by atoms with Crippen molar-refractivity contribution in [1.82, 2.24) is 19.9 Å². The molecule has 1 amide bonds. The molecule has 7 heteroatoms. The van der Waals surface area contributed by atoms with E-state index < -0.39 is 0 Å². The first-order valence-corrected chi connectivity index (χ1v) is 8.66. The van der Waals surface area contributed by atoms with E-state index in [0.29, 0.717) is 38.6 Å². The van der Waals surface area contributed by atoms with Gasteiger partial charge in [-0.05, 0) is 43.2 Å². The van der Waals surface area contributed by atoms with Crippen LogP contribution >= 0.6 is 0 Å². The summed E-state index contributed by atoms with van der Waals surface area (Å²) in [7, 11) is 0. The number of carbonyl (C=O) groups is 1. The van der Waals surface area contributed by atoms with Crippen LogP contribution in [-0.2, 0) is 20.8 Å². The third kappa shape index (κ3) is 4.56. The molecule has 0 spiro atoms. The van der Waals surface area contributed by atoms with E-state index in [9.17, 15) is 4.79 Å². The number of hydrogen-bond acceptors (Lipinski definition) is 5. The van der Waals surface area contributed by atoms with Gasteiger partial charge in [0, 0.05) is 6.54 Å². The Morgan fingerprint density at radius 1 is 1.35 bits per heavy atom. The second kappa shape index (κ2) is 8.25. The van der Waals surface area contributed by atoms with E-state index in [0.717, 1.165) is 16.8 Å². The van der Waals surface area contributed by atoms with E-state index in [-0.39, 0.29) is 12.0 Å². The number of aromatic nitrogens is 3. The van der Waals surface area contributed by atoms with Gasteiger partial charge in [0.05, 0.1) is 44.4 Å². The number of benzene rings is 1. The summed E-state index contributed by atoms with van der Waals surface area (Å²) in [6, 6.07) is 6.15. The number of ether oxygens (including phenoxy) is 2. The standard InChI is InChI=1S/C19H24N4O3/c1-4-19(24)22(12-18-13-25-5-6-26-18)11-16-10-20-23(21-16)17-8-14(2)7-15(3)9-17/h4,7-10,18H,1,5-6,11-13H2,2-3H3. The molecule has 2 heterocycles. The molecule has 1 saturated heterocycles. The monoisotopic (exact) mass is 356 g/mol. The van der Waals surface area contributed by atoms with Crippen LogP contribution in [0.2, 0.25) is 0 Å². The van der Waals surface area contributed by atoms with E-state index in [1.54, 1.807) is 15.9 Å². The maximum atomic E-state index is 12.2. The Morgan fingerprint density at radius 2 is 2.12 bits per heavy atom. The molecule has 0 N–H and O–H groups in total. The van der Waals surface area contributed by atoms with E-state index in [1.165, 1.54) is 6.08 Å².